The molecule has 6 nitrogen and oxygen atoms in total. The number of pyridine rings is 1. The SMILES string of the molecule is C=C(C[n+]1ccc(N(C)C)cc1)C1CC[C@]2(COC(C)=O)CC[C@]3(C)C(CCC4[C@@]5(C)CC[C@H](OC(C)=O)C(C)(C)C5CC[C@]43C)C12. The second-order valence-corrected chi connectivity index (χ2v) is 18.2. The number of carbonyl (C=O) groups is 2. The Balaban J connectivity index is 1.31. The van der Waals surface area contributed by atoms with Gasteiger partial charge in [-0.1, -0.05) is 41.2 Å². The number of carbonyl (C=O) groups excluding carboxylic acids is 2. The number of hydrogen-bond donors (Lipinski definition) is 0. The van der Waals surface area contributed by atoms with Gasteiger partial charge in [0.1, 0.15) is 6.10 Å². The van der Waals surface area contributed by atoms with Crippen LogP contribution in [-0.4, -0.2) is 38.7 Å². The minimum Gasteiger partial charge on any atom is -0.465 e. The van der Waals surface area contributed by atoms with Crippen molar-refractivity contribution < 1.29 is 23.6 Å². The molecule has 0 aromatic carbocycles. The van der Waals surface area contributed by atoms with Crippen LogP contribution < -0.4 is 9.47 Å². The molecule has 1 heterocycles. The van der Waals surface area contributed by atoms with Crippen molar-refractivity contribution in [3.05, 3.63) is 36.7 Å². The lowest BCUT2D eigenvalue weighted by Crippen LogP contribution is -2.67. The molecule has 0 radical (unpaired) electrons. The fourth-order valence-electron chi connectivity index (χ4n) is 13.3. The number of hydrogen-bond acceptors (Lipinski definition) is 5. The third-order valence-electron chi connectivity index (χ3n) is 15.7. The van der Waals surface area contributed by atoms with Gasteiger partial charge in [0.15, 0.2) is 18.9 Å². The molecule has 0 bridgehead atoms. The molecule has 260 valence electrons. The maximum atomic E-state index is 12.2. The Morgan fingerprint density at radius 1 is 0.851 bits per heavy atom. The molecule has 0 N–H and O–H groups in total. The minimum absolute atomic E-state index is 0.00754. The molecule has 5 aliphatic carbocycles. The Labute approximate surface area is 285 Å². The van der Waals surface area contributed by atoms with E-state index in [1.807, 2.05) is 0 Å². The standard InChI is InChI=1S/C41H63N2O4/c1-27(25-43-23-16-30(17-24-43)42(9)10)31-13-20-41(26-46-28(2)44)22-21-39(7)32(36(31)41)11-12-34-38(6)18-15-35(47-29(3)45)37(4,5)33(38)14-19-40(34,39)8/h16-17,23-24,31-36H,1,11-15,18-22,25-26H2,2-10H3/q+1/t31?,32?,33?,34?,35-,36?,38-,39+,40+,41+/m0/s1. The van der Waals surface area contributed by atoms with Crippen molar-refractivity contribution in [1.82, 2.24) is 0 Å². The first kappa shape index (κ1) is 34.5. The molecule has 47 heavy (non-hydrogen) atoms. The highest BCUT2D eigenvalue weighted by molar-refractivity contribution is 5.66. The summed E-state index contributed by atoms with van der Waals surface area (Å²) >= 11 is 0. The van der Waals surface area contributed by atoms with Gasteiger partial charge in [-0.25, -0.2) is 4.57 Å². The molecule has 0 aliphatic heterocycles. The van der Waals surface area contributed by atoms with Crippen LogP contribution in [0.25, 0.3) is 0 Å². The van der Waals surface area contributed by atoms with Gasteiger partial charge < -0.3 is 14.4 Å². The third-order valence-corrected chi connectivity index (χ3v) is 15.7. The zero-order chi connectivity index (χ0) is 34.2. The summed E-state index contributed by atoms with van der Waals surface area (Å²) < 4.78 is 14.2. The van der Waals surface area contributed by atoms with Gasteiger partial charge in [-0.05, 0) is 116 Å². The van der Waals surface area contributed by atoms with Crippen LogP contribution in [0.2, 0.25) is 0 Å². The monoisotopic (exact) mass is 647 g/mol. The summed E-state index contributed by atoms with van der Waals surface area (Å²) in [5, 5.41) is 0. The van der Waals surface area contributed by atoms with Gasteiger partial charge >= 0.3 is 11.9 Å². The van der Waals surface area contributed by atoms with Crippen molar-refractivity contribution in [1.29, 1.82) is 0 Å². The van der Waals surface area contributed by atoms with Gasteiger partial charge in [0.2, 0.25) is 0 Å². The highest BCUT2D eigenvalue weighted by Crippen LogP contribution is 2.77. The number of rotatable bonds is 7. The Morgan fingerprint density at radius 2 is 1.55 bits per heavy atom. The number of fused-ring (bicyclic) bond motifs is 7. The summed E-state index contributed by atoms with van der Waals surface area (Å²) in [4.78, 5) is 26.4. The molecule has 10 atom stereocenters. The number of allylic oxidation sites excluding steroid dienone is 1. The van der Waals surface area contributed by atoms with Gasteiger partial charge in [0.05, 0.1) is 6.61 Å². The fourth-order valence-corrected chi connectivity index (χ4v) is 13.3. The predicted molar refractivity (Wildman–Crippen MR) is 186 cm³/mol. The highest BCUT2D eigenvalue weighted by Gasteiger charge is 2.71. The van der Waals surface area contributed by atoms with Gasteiger partial charge in [0.25, 0.3) is 0 Å². The Hall–Kier alpha value is -2.37. The lowest BCUT2D eigenvalue weighted by Gasteiger charge is -2.73. The third kappa shape index (κ3) is 5.37. The fraction of sp³-hybridized carbons (Fsp3) is 0.780. The van der Waals surface area contributed by atoms with E-state index in [9.17, 15) is 9.59 Å². The topological polar surface area (TPSA) is 59.7 Å². The van der Waals surface area contributed by atoms with E-state index in [4.69, 9.17) is 16.1 Å². The Morgan fingerprint density at radius 3 is 2.19 bits per heavy atom. The summed E-state index contributed by atoms with van der Waals surface area (Å²) in [7, 11) is 4.16. The Bertz CT molecular complexity index is 1390. The summed E-state index contributed by atoms with van der Waals surface area (Å²) in [6.45, 7) is 22.0. The van der Waals surface area contributed by atoms with Crippen molar-refractivity contribution in [3.63, 3.8) is 0 Å². The molecule has 5 unspecified atom stereocenters. The summed E-state index contributed by atoms with van der Waals surface area (Å²) in [6.07, 6.45) is 16.1. The van der Waals surface area contributed by atoms with E-state index in [1.165, 1.54) is 43.4 Å². The van der Waals surface area contributed by atoms with E-state index < -0.39 is 0 Å². The van der Waals surface area contributed by atoms with Crippen LogP contribution in [0.3, 0.4) is 0 Å². The molecule has 5 fully saturated rings. The van der Waals surface area contributed by atoms with Crippen LogP contribution in [0.1, 0.15) is 113 Å². The quantitative estimate of drug-likeness (QED) is 0.170. The molecule has 1 aromatic heterocycles. The molecular formula is C41H63N2O4+. The summed E-state index contributed by atoms with van der Waals surface area (Å²) in [5.41, 5.74) is 3.24. The number of aromatic nitrogens is 1. The maximum absolute atomic E-state index is 12.2. The molecular weight excluding hydrogens is 584 g/mol. The van der Waals surface area contributed by atoms with Crippen molar-refractivity contribution in [3.8, 4) is 0 Å². The lowest BCUT2D eigenvalue weighted by atomic mass is 9.32. The first-order chi connectivity index (χ1) is 22.0. The van der Waals surface area contributed by atoms with Crippen LogP contribution in [0.15, 0.2) is 36.7 Å². The van der Waals surface area contributed by atoms with E-state index in [-0.39, 0.29) is 45.1 Å². The van der Waals surface area contributed by atoms with Gasteiger partial charge in [-0.15, -0.1) is 0 Å². The first-order valence-electron chi connectivity index (χ1n) is 18.6. The lowest BCUT2D eigenvalue weighted by molar-refractivity contribution is -0.689. The first-order valence-corrected chi connectivity index (χ1v) is 18.6. The van der Waals surface area contributed by atoms with E-state index in [0.29, 0.717) is 36.2 Å². The maximum Gasteiger partial charge on any atom is 0.302 e. The van der Waals surface area contributed by atoms with Crippen LogP contribution >= 0.6 is 0 Å². The molecule has 0 saturated heterocycles. The molecule has 5 saturated carbocycles. The Kier molecular flexibility index (Phi) is 8.73. The molecule has 0 amide bonds. The second kappa shape index (κ2) is 11.9. The van der Waals surface area contributed by atoms with Crippen molar-refractivity contribution >= 4 is 17.6 Å². The molecule has 5 aliphatic rings. The number of anilines is 1. The van der Waals surface area contributed by atoms with E-state index in [2.05, 4.69) is 82.7 Å². The van der Waals surface area contributed by atoms with E-state index in [0.717, 1.165) is 38.6 Å². The van der Waals surface area contributed by atoms with Crippen molar-refractivity contribution in [2.45, 2.75) is 125 Å². The van der Waals surface area contributed by atoms with E-state index >= 15 is 0 Å². The molecule has 1 aromatic rings. The summed E-state index contributed by atoms with van der Waals surface area (Å²) in [5.74, 6) is 2.41. The molecule has 6 rings (SSSR count). The van der Waals surface area contributed by atoms with Crippen LogP contribution in [0, 0.1) is 56.7 Å². The average molecular weight is 648 g/mol. The van der Waals surface area contributed by atoms with Gasteiger partial charge in [0, 0.05) is 56.6 Å². The molecule has 6 heteroatoms. The largest absolute Gasteiger partial charge is 0.465 e. The second-order valence-electron chi connectivity index (χ2n) is 18.2. The average Bonchev–Trinajstić information content (AvgIpc) is 3.38. The van der Waals surface area contributed by atoms with Crippen LogP contribution in [-0.2, 0) is 25.6 Å². The zero-order valence-corrected chi connectivity index (χ0v) is 31.0. The zero-order valence-electron chi connectivity index (χ0n) is 31.0. The number of ether oxygens (including phenoxy) is 2. The van der Waals surface area contributed by atoms with Crippen molar-refractivity contribution in [2.75, 3.05) is 25.6 Å². The predicted octanol–water partition coefficient (Wildman–Crippen LogP) is 8.17. The normalized spacial score (nSPS) is 41.8. The minimum atomic E-state index is -0.154. The molecule has 0 spiro atoms. The van der Waals surface area contributed by atoms with E-state index in [1.54, 1.807) is 13.8 Å². The van der Waals surface area contributed by atoms with Gasteiger partial charge in [-0.2, -0.15) is 0 Å². The number of esters is 2. The van der Waals surface area contributed by atoms with Gasteiger partial charge in [-0.3, -0.25) is 9.59 Å². The smallest absolute Gasteiger partial charge is 0.302 e. The van der Waals surface area contributed by atoms with Crippen molar-refractivity contribution in [2.24, 2.45) is 56.7 Å². The summed E-state index contributed by atoms with van der Waals surface area (Å²) in [6, 6.07) is 4.37. The van der Waals surface area contributed by atoms with Crippen LogP contribution in [0.4, 0.5) is 5.69 Å². The van der Waals surface area contributed by atoms with Crippen LogP contribution in [0.5, 0.6) is 0 Å². The highest BCUT2D eigenvalue weighted by atomic mass is 16.5. The number of nitrogens with zero attached hydrogens (tertiary/aromatic N) is 2.